The van der Waals surface area contributed by atoms with Crippen LogP contribution in [-0.2, 0) is 14.3 Å². The van der Waals surface area contributed by atoms with Crippen molar-refractivity contribution in [2.75, 3.05) is 26.3 Å². The summed E-state index contributed by atoms with van der Waals surface area (Å²) in [6.45, 7) is 1.27. The van der Waals surface area contributed by atoms with Crippen LogP contribution in [0.3, 0.4) is 0 Å². The Balaban J connectivity index is 2.98. The molecule has 0 saturated carbocycles. The summed E-state index contributed by atoms with van der Waals surface area (Å²) in [4.78, 5) is 22.6. The average molecular weight is 327 g/mol. The first kappa shape index (κ1) is 17.7. The van der Waals surface area contributed by atoms with Gasteiger partial charge in [-0.2, -0.15) is 0 Å². The Morgan fingerprint density at radius 1 is 1.23 bits per heavy atom. The van der Waals surface area contributed by atoms with Crippen molar-refractivity contribution < 1.29 is 23.8 Å². The lowest BCUT2D eigenvalue weighted by atomic mass is 10.1. The van der Waals surface area contributed by atoms with Gasteiger partial charge in [0, 0.05) is 14.0 Å². The van der Waals surface area contributed by atoms with E-state index in [9.17, 15) is 9.59 Å². The maximum atomic E-state index is 11.8. The average Bonchev–Trinajstić information content (AvgIpc) is 2.50. The molecule has 8 nitrogen and oxygen atoms in total. The lowest BCUT2D eigenvalue weighted by Crippen LogP contribution is -2.42. The van der Waals surface area contributed by atoms with Crippen LogP contribution in [0.1, 0.15) is 17.3 Å². The standard InChI is InChI=1S/C13H17N3O5S/c1-8(17)15-16-13(22)14-10-6-4-5-9(12(18)20-3)11(10)21-7-19-2/h4-6H,7H2,1-3H3,(H,15,17)(H2,14,16,22). The number of esters is 1. The summed E-state index contributed by atoms with van der Waals surface area (Å²) >= 11 is 5.02. The van der Waals surface area contributed by atoms with Crippen molar-refractivity contribution in [2.24, 2.45) is 0 Å². The van der Waals surface area contributed by atoms with Crippen molar-refractivity contribution >= 4 is 34.9 Å². The van der Waals surface area contributed by atoms with Gasteiger partial charge in [-0.3, -0.25) is 15.6 Å². The van der Waals surface area contributed by atoms with Crippen LogP contribution >= 0.6 is 12.2 Å². The highest BCUT2D eigenvalue weighted by Gasteiger charge is 2.17. The van der Waals surface area contributed by atoms with E-state index in [4.69, 9.17) is 26.4 Å². The summed E-state index contributed by atoms with van der Waals surface area (Å²) in [7, 11) is 2.72. The molecule has 0 saturated heterocycles. The molecule has 0 radical (unpaired) electrons. The van der Waals surface area contributed by atoms with Crippen LogP contribution in [0.25, 0.3) is 0 Å². The third kappa shape index (κ3) is 5.19. The first-order chi connectivity index (χ1) is 10.5. The summed E-state index contributed by atoms with van der Waals surface area (Å²) in [5.41, 5.74) is 5.46. The van der Waals surface area contributed by atoms with Crippen molar-refractivity contribution in [3.8, 4) is 5.75 Å². The van der Waals surface area contributed by atoms with Crippen LogP contribution in [0.15, 0.2) is 18.2 Å². The fourth-order valence-corrected chi connectivity index (χ4v) is 1.64. The van der Waals surface area contributed by atoms with Gasteiger partial charge in [0.1, 0.15) is 5.56 Å². The number of carbonyl (C=O) groups excluding carboxylic acids is 2. The zero-order valence-corrected chi connectivity index (χ0v) is 13.2. The topological polar surface area (TPSA) is 97.9 Å². The number of thiocarbonyl (C=S) groups is 1. The predicted molar refractivity (Wildman–Crippen MR) is 83.5 cm³/mol. The molecule has 0 aliphatic rings. The minimum Gasteiger partial charge on any atom is -0.465 e. The summed E-state index contributed by atoms with van der Waals surface area (Å²) in [5, 5.41) is 2.94. The van der Waals surface area contributed by atoms with Crippen molar-refractivity contribution in [2.45, 2.75) is 6.92 Å². The predicted octanol–water partition coefficient (Wildman–Crippen LogP) is 0.793. The van der Waals surface area contributed by atoms with E-state index in [1.165, 1.54) is 21.1 Å². The van der Waals surface area contributed by atoms with Crippen LogP contribution < -0.4 is 20.9 Å². The highest BCUT2D eigenvalue weighted by Crippen LogP contribution is 2.29. The molecule has 1 aromatic carbocycles. The number of ether oxygens (including phenoxy) is 3. The summed E-state index contributed by atoms with van der Waals surface area (Å²) in [6.07, 6.45) is 0. The molecule has 0 atom stereocenters. The molecule has 3 N–H and O–H groups in total. The Morgan fingerprint density at radius 3 is 2.55 bits per heavy atom. The number of carbonyl (C=O) groups is 2. The van der Waals surface area contributed by atoms with Crippen molar-refractivity contribution in [1.82, 2.24) is 10.9 Å². The smallest absolute Gasteiger partial charge is 0.341 e. The molecule has 9 heteroatoms. The minimum absolute atomic E-state index is 0.0609. The number of methoxy groups -OCH3 is 2. The fraction of sp³-hybridized carbons (Fsp3) is 0.308. The zero-order valence-electron chi connectivity index (χ0n) is 12.4. The summed E-state index contributed by atoms with van der Waals surface area (Å²) in [5.74, 6) is -0.637. The maximum Gasteiger partial charge on any atom is 0.341 e. The molecular formula is C13H17N3O5S. The SMILES string of the molecule is COCOc1c(NC(=S)NNC(C)=O)cccc1C(=O)OC. The monoisotopic (exact) mass is 327 g/mol. The lowest BCUT2D eigenvalue weighted by molar-refractivity contribution is -0.119. The van der Waals surface area contributed by atoms with E-state index in [2.05, 4.69) is 16.2 Å². The molecule has 1 amide bonds. The van der Waals surface area contributed by atoms with Gasteiger partial charge in [-0.05, 0) is 24.4 Å². The van der Waals surface area contributed by atoms with Crippen LogP contribution in [-0.4, -0.2) is 38.0 Å². The van der Waals surface area contributed by atoms with Gasteiger partial charge in [0.2, 0.25) is 5.91 Å². The van der Waals surface area contributed by atoms with E-state index in [-0.39, 0.29) is 29.1 Å². The van der Waals surface area contributed by atoms with E-state index in [0.717, 1.165) is 0 Å². The van der Waals surface area contributed by atoms with Gasteiger partial charge in [-0.15, -0.1) is 0 Å². The molecule has 0 bridgehead atoms. The Labute approximate surface area is 133 Å². The number of rotatable bonds is 5. The molecule has 120 valence electrons. The Kier molecular flexibility index (Phi) is 7.06. The fourth-order valence-electron chi connectivity index (χ4n) is 1.48. The highest BCUT2D eigenvalue weighted by molar-refractivity contribution is 7.80. The van der Waals surface area contributed by atoms with E-state index in [0.29, 0.717) is 5.69 Å². The summed E-state index contributed by atoms with van der Waals surface area (Å²) < 4.78 is 15.0. The van der Waals surface area contributed by atoms with Gasteiger partial charge < -0.3 is 19.5 Å². The zero-order chi connectivity index (χ0) is 16.5. The molecule has 0 aliphatic carbocycles. The molecule has 0 aromatic heterocycles. The highest BCUT2D eigenvalue weighted by atomic mass is 32.1. The molecule has 22 heavy (non-hydrogen) atoms. The lowest BCUT2D eigenvalue weighted by Gasteiger charge is -2.16. The van der Waals surface area contributed by atoms with E-state index in [1.54, 1.807) is 18.2 Å². The van der Waals surface area contributed by atoms with Crippen LogP contribution in [0.4, 0.5) is 5.69 Å². The molecule has 0 aliphatic heterocycles. The van der Waals surface area contributed by atoms with Crippen molar-refractivity contribution in [1.29, 1.82) is 0 Å². The van der Waals surface area contributed by atoms with Gasteiger partial charge in [-0.1, -0.05) is 6.07 Å². The van der Waals surface area contributed by atoms with Crippen LogP contribution in [0.5, 0.6) is 5.75 Å². The van der Waals surface area contributed by atoms with Crippen molar-refractivity contribution in [3.63, 3.8) is 0 Å². The third-order valence-corrected chi connectivity index (χ3v) is 2.55. The molecule has 0 spiro atoms. The first-order valence-corrected chi connectivity index (χ1v) is 6.57. The second-order valence-corrected chi connectivity index (χ2v) is 4.39. The Bertz CT molecular complexity index is 565. The number of hydrogen-bond donors (Lipinski definition) is 3. The number of hydrazine groups is 1. The van der Waals surface area contributed by atoms with E-state index in [1.807, 2.05) is 0 Å². The molecule has 0 fully saturated rings. The van der Waals surface area contributed by atoms with Gasteiger partial charge in [-0.25, -0.2) is 4.79 Å². The molecular weight excluding hydrogens is 310 g/mol. The number of amides is 1. The number of nitrogens with one attached hydrogen (secondary N) is 3. The Hall–Kier alpha value is -2.39. The maximum absolute atomic E-state index is 11.8. The van der Waals surface area contributed by atoms with Gasteiger partial charge >= 0.3 is 5.97 Å². The molecule has 0 unspecified atom stereocenters. The third-order valence-electron chi connectivity index (χ3n) is 2.34. The van der Waals surface area contributed by atoms with Gasteiger partial charge in [0.05, 0.1) is 12.8 Å². The summed E-state index contributed by atoms with van der Waals surface area (Å²) in [6, 6.07) is 4.83. The first-order valence-electron chi connectivity index (χ1n) is 6.16. The quantitative estimate of drug-likeness (QED) is 0.316. The Morgan fingerprint density at radius 2 is 1.95 bits per heavy atom. The second kappa shape index (κ2) is 8.80. The second-order valence-electron chi connectivity index (χ2n) is 3.99. The molecule has 1 rings (SSSR count). The normalized spacial score (nSPS) is 9.59. The van der Waals surface area contributed by atoms with Gasteiger partial charge in [0.25, 0.3) is 0 Å². The number of hydrogen-bond acceptors (Lipinski definition) is 6. The number of anilines is 1. The molecule has 1 aromatic rings. The van der Waals surface area contributed by atoms with Crippen molar-refractivity contribution in [3.05, 3.63) is 23.8 Å². The minimum atomic E-state index is -0.560. The van der Waals surface area contributed by atoms with Crippen LogP contribution in [0, 0.1) is 0 Å². The number of benzene rings is 1. The van der Waals surface area contributed by atoms with Crippen LogP contribution in [0.2, 0.25) is 0 Å². The van der Waals surface area contributed by atoms with E-state index < -0.39 is 5.97 Å². The van der Waals surface area contributed by atoms with E-state index >= 15 is 0 Å². The van der Waals surface area contributed by atoms with Gasteiger partial charge in [0.15, 0.2) is 17.7 Å². The largest absolute Gasteiger partial charge is 0.465 e. The molecule has 0 heterocycles. The number of para-hydroxylation sites is 1.